The standard InChI is InChI=1S/C6H12O2.C3H8/c1-7-6-2-4-8-5-3-6;1-3-2/h6H,2-5H2,1H3;3H2,1-2H3. The van der Waals surface area contributed by atoms with Crippen LogP contribution in [0.4, 0.5) is 0 Å². The molecule has 0 bridgehead atoms. The highest BCUT2D eigenvalue weighted by molar-refractivity contribution is 4.60. The highest BCUT2D eigenvalue weighted by Gasteiger charge is 2.10. The van der Waals surface area contributed by atoms with E-state index in [-0.39, 0.29) is 0 Å². The van der Waals surface area contributed by atoms with Crippen molar-refractivity contribution < 1.29 is 9.47 Å². The lowest BCUT2D eigenvalue weighted by molar-refractivity contribution is -0.00998. The third-order valence-corrected chi connectivity index (χ3v) is 1.50. The zero-order valence-corrected chi connectivity index (χ0v) is 7.93. The first-order valence-electron chi connectivity index (χ1n) is 4.45. The molecule has 0 radical (unpaired) electrons. The van der Waals surface area contributed by atoms with E-state index >= 15 is 0 Å². The lowest BCUT2D eigenvalue weighted by atomic mass is 10.2. The van der Waals surface area contributed by atoms with Crippen LogP contribution in [0.15, 0.2) is 0 Å². The monoisotopic (exact) mass is 160 g/mol. The fourth-order valence-electron chi connectivity index (χ4n) is 0.912. The van der Waals surface area contributed by atoms with Crippen LogP contribution >= 0.6 is 0 Å². The Balaban J connectivity index is 0.000000292. The van der Waals surface area contributed by atoms with Gasteiger partial charge in [-0.15, -0.1) is 0 Å². The van der Waals surface area contributed by atoms with E-state index < -0.39 is 0 Å². The molecular formula is C9H20O2. The van der Waals surface area contributed by atoms with Crippen molar-refractivity contribution in [2.24, 2.45) is 0 Å². The molecule has 0 spiro atoms. The summed E-state index contributed by atoms with van der Waals surface area (Å²) in [5.41, 5.74) is 0. The van der Waals surface area contributed by atoms with E-state index in [2.05, 4.69) is 13.8 Å². The molecule has 0 N–H and O–H groups in total. The minimum Gasteiger partial charge on any atom is -0.381 e. The Labute approximate surface area is 69.9 Å². The van der Waals surface area contributed by atoms with Crippen molar-refractivity contribution in [1.29, 1.82) is 0 Å². The third-order valence-electron chi connectivity index (χ3n) is 1.50. The molecule has 68 valence electrons. The van der Waals surface area contributed by atoms with E-state index in [1.165, 1.54) is 6.42 Å². The van der Waals surface area contributed by atoms with E-state index in [9.17, 15) is 0 Å². The Morgan fingerprint density at radius 1 is 1.27 bits per heavy atom. The molecule has 1 rings (SSSR count). The van der Waals surface area contributed by atoms with Gasteiger partial charge in [0.2, 0.25) is 0 Å². The lowest BCUT2D eigenvalue weighted by Gasteiger charge is -2.19. The first-order chi connectivity index (χ1) is 5.35. The van der Waals surface area contributed by atoms with Gasteiger partial charge in [0, 0.05) is 20.3 Å². The first-order valence-corrected chi connectivity index (χ1v) is 4.45. The van der Waals surface area contributed by atoms with Gasteiger partial charge in [0.15, 0.2) is 0 Å². The quantitative estimate of drug-likeness (QED) is 0.585. The van der Waals surface area contributed by atoms with Crippen LogP contribution in [0.25, 0.3) is 0 Å². The summed E-state index contributed by atoms with van der Waals surface area (Å²) in [5.74, 6) is 0. The highest BCUT2D eigenvalue weighted by Crippen LogP contribution is 2.08. The molecule has 0 saturated carbocycles. The van der Waals surface area contributed by atoms with Gasteiger partial charge in [-0.1, -0.05) is 20.3 Å². The second-order valence-corrected chi connectivity index (χ2v) is 2.75. The predicted octanol–water partition coefficient (Wildman–Crippen LogP) is 2.23. The Morgan fingerprint density at radius 2 is 1.73 bits per heavy atom. The van der Waals surface area contributed by atoms with Crippen molar-refractivity contribution in [2.45, 2.75) is 39.2 Å². The highest BCUT2D eigenvalue weighted by atomic mass is 16.5. The third kappa shape index (κ3) is 6.32. The predicted molar refractivity (Wildman–Crippen MR) is 46.8 cm³/mol. The largest absolute Gasteiger partial charge is 0.381 e. The maximum atomic E-state index is 5.12. The molecular weight excluding hydrogens is 140 g/mol. The van der Waals surface area contributed by atoms with E-state index in [0.717, 1.165) is 26.1 Å². The summed E-state index contributed by atoms with van der Waals surface area (Å²) in [6.45, 7) is 6.00. The van der Waals surface area contributed by atoms with E-state index in [0.29, 0.717) is 6.10 Å². The SMILES string of the molecule is CCC.COC1CCOCC1. The molecule has 0 amide bonds. The molecule has 0 aliphatic carbocycles. The molecule has 1 saturated heterocycles. The van der Waals surface area contributed by atoms with Crippen LogP contribution in [-0.4, -0.2) is 26.4 Å². The second-order valence-electron chi connectivity index (χ2n) is 2.75. The summed E-state index contributed by atoms with van der Waals surface area (Å²) in [5, 5.41) is 0. The zero-order chi connectivity index (χ0) is 8.53. The van der Waals surface area contributed by atoms with Gasteiger partial charge < -0.3 is 9.47 Å². The van der Waals surface area contributed by atoms with Gasteiger partial charge >= 0.3 is 0 Å². The van der Waals surface area contributed by atoms with Crippen molar-refractivity contribution in [1.82, 2.24) is 0 Å². The van der Waals surface area contributed by atoms with Gasteiger partial charge in [-0.25, -0.2) is 0 Å². The molecule has 0 aromatic rings. The summed E-state index contributed by atoms with van der Waals surface area (Å²) in [4.78, 5) is 0. The van der Waals surface area contributed by atoms with Crippen LogP contribution < -0.4 is 0 Å². The topological polar surface area (TPSA) is 18.5 Å². The molecule has 1 fully saturated rings. The lowest BCUT2D eigenvalue weighted by Crippen LogP contribution is -2.21. The van der Waals surface area contributed by atoms with Gasteiger partial charge in [-0.3, -0.25) is 0 Å². The molecule has 11 heavy (non-hydrogen) atoms. The smallest absolute Gasteiger partial charge is 0.0615 e. The summed E-state index contributed by atoms with van der Waals surface area (Å²) >= 11 is 0. The Bertz CT molecular complexity index is 68.0. The number of hydrogen-bond donors (Lipinski definition) is 0. The van der Waals surface area contributed by atoms with Gasteiger partial charge in [-0.05, 0) is 12.8 Å². The Kier molecular flexibility index (Phi) is 7.96. The van der Waals surface area contributed by atoms with Crippen LogP contribution in [0.2, 0.25) is 0 Å². The molecule has 2 nitrogen and oxygen atoms in total. The molecule has 0 atom stereocenters. The van der Waals surface area contributed by atoms with Gasteiger partial charge in [0.05, 0.1) is 6.10 Å². The van der Waals surface area contributed by atoms with E-state index in [1.54, 1.807) is 7.11 Å². The Morgan fingerprint density at radius 3 is 2.00 bits per heavy atom. The minimum absolute atomic E-state index is 0.462. The summed E-state index contributed by atoms with van der Waals surface area (Å²) in [6, 6.07) is 0. The molecule has 0 unspecified atom stereocenters. The number of rotatable bonds is 1. The number of ether oxygens (including phenoxy) is 2. The molecule has 0 aromatic carbocycles. The van der Waals surface area contributed by atoms with Crippen LogP contribution in [-0.2, 0) is 9.47 Å². The van der Waals surface area contributed by atoms with Crippen molar-refractivity contribution in [3.63, 3.8) is 0 Å². The average Bonchev–Trinajstić information content (AvgIpc) is 2.08. The Hall–Kier alpha value is -0.0800. The van der Waals surface area contributed by atoms with Crippen LogP contribution in [0.1, 0.15) is 33.1 Å². The van der Waals surface area contributed by atoms with Gasteiger partial charge in [-0.2, -0.15) is 0 Å². The summed E-state index contributed by atoms with van der Waals surface area (Å²) in [7, 11) is 1.76. The number of hydrogen-bond acceptors (Lipinski definition) is 2. The molecule has 1 heterocycles. The maximum absolute atomic E-state index is 5.12. The van der Waals surface area contributed by atoms with Crippen molar-refractivity contribution in [3.05, 3.63) is 0 Å². The van der Waals surface area contributed by atoms with Gasteiger partial charge in [0.25, 0.3) is 0 Å². The summed E-state index contributed by atoms with van der Waals surface area (Å²) in [6.07, 6.45) is 3.84. The fourth-order valence-corrected chi connectivity index (χ4v) is 0.912. The molecule has 1 aliphatic rings. The fraction of sp³-hybridized carbons (Fsp3) is 1.00. The van der Waals surface area contributed by atoms with Crippen LogP contribution in [0.3, 0.4) is 0 Å². The van der Waals surface area contributed by atoms with Crippen LogP contribution in [0, 0.1) is 0 Å². The first kappa shape index (κ1) is 10.9. The molecule has 2 heteroatoms. The maximum Gasteiger partial charge on any atom is 0.0615 e. The van der Waals surface area contributed by atoms with Gasteiger partial charge in [0.1, 0.15) is 0 Å². The normalized spacial score (nSPS) is 18.8. The average molecular weight is 160 g/mol. The minimum atomic E-state index is 0.462. The second kappa shape index (κ2) is 8.02. The summed E-state index contributed by atoms with van der Waals surface area (Å²) < 4.78 is 10.2. The van der Waals surface area contributed by atoms with Crippen molar-refractivity contribution in [3.8, 4) is 0 Å². The molecule has 1 aliphatic heterocycles. The van der Waals surface area contributed by atoms with Crippen molar-refractivity contribution in [2.75, 3.05) is 20.3 Å². The van der Waals surface area contributed by atoms with E-state index in [4.69, 9.17) is 9.47 Å². The van der Waals surface area contributed by atoms with E-state index in [1.807, 2.05) is 0 Å². The zero-order valence-electron chi connectivity index (χ0n) is 7.93. The van der Waals surface area contributed by atoms with Crippen molar-refractivity contribution >= 4 is 0 Å². The molecule has 0 aromatic heterocycles. The number of methoxy groups -OCH3 is 1. The van der Waals surface area contributed by atoms with Crippen LogP contribution in [0.5, 0.6) is 0 Å².